The molecule has 2 heterocycles. The van der Waals surface area contributed by atoms with Crippen LogP contribution in [0, 0.1) is 5.92 Å². The van der Waals surface area contributed by atoms with Crippen molar-refractivity contribution in [1.82, 2.24) is 14.7 Å². The fourth-order valence-corrected chi connectivity index (χ4v) is 3.41. The molecule has 2 aliphatic heterocycles. The van der Waals surface area contributed by atoms with Crippen molar-refractivity contribution >= 4 is 17.9 Å². The zero-order valence-corrected chi connectivity index (χ0v) is 15.1. The molecule has 0 radical (unpaired) electrons. The summed E-state index contributed by atoms with van der Waals surface area (Å²) < 4.78 is 0. The Morgan fingerprint density at radius 2 is 2.12 bits per heavy atom. The molecule has 0 saturated carbocycles. The van der Waals surface area contributed by atoms with Gasteiger partial charge in [0.05, 0.1) is 0 Å². The Bertz CT molecular complexity index is 728. The molecule has 1 unspecified atom stereocenters. The van der Waals surface area contributed by atoms with Gasteiger partial charge in [-0.1, -0.05) is 30.9 Å². The molecule has 0 aromatic heterocycles. The fraction of sp³-hybridized carbons (Fsp3) is 0.421. The maximum absolute atomic E-state index is 12.7. The van der Waals surface area contributed by atoms with Crippen molar-refractivity contribution in [2.75, 3.05) is 20.1 Å². The number of hydrogen-bond acceptors (Lipinski definition) is 4. The van der Waals surface area contributed by atoms with E-state index >= 15 is 0 Å². The molecule has 4 amide bonds. The van der Waals surface area contributed by atoms with Gasteiger partial charge in [-0.3, -0.25) is 4.90 Å². The maximum Gasteiger partial charge on any atom is 0.338 e. The summed E-state index contributed by atoms with van der Waals surface area (Å²) in [5.41, 5.74) is 6.72. The lowest BCUT2D eigenvalue weighted by Gasteiger charge is -2.22. The van der Waals surface area contributed by atoms with E-state index in [1.165, 1.54) is 11.1 Å². The van der Waals surface area contributed by atoms with Crippen molar-refractivity contribution in [3.8, 4) is 0 Å². The van der Waals surface area contributed by atoms with Crippen LogP contribution in [0.3, 0.4) is 0 Å². The number of likely N-dealkylation sites (N-methyl/N-ethyl adjacent to an activating group) is 1. The number of carbonyl (C=O) groups is 2. The number of nitrogens with two attached hydrogens (primary N) is 1. The van der Waals surface area contributed by atoms with E-state index in [4.69, 9.17) is 5.73 Å². The van der Waals surface area contributed by atoms with Crippen LogP contribution in [0.2, 0.25) is 0 Å². The second kappa shape index (κ2) is 7.59. The summed E-state index contributed by atoms with van der Waals surface area (Å²) in [4.78, 5) is 34.0. The second-order valence-electron chi connectivity index (χ2n) is 6.72. The van der Waals surface area contributed by atoms with Gasteiger partial charge in [-0.25, -0.2) is 19.5 Å². The van der Waals surface area contributed by atoms with E-state index in [0.717, 1.165) is 24.2 Å². The quantitative estimate of drug-likeness (QED) is 0.845. The van der Waals surface area contributed by atoms with Gasteiger partial charge in [-0.05, 0) is 31.6 Å². The van der Waals surface area contributed by atoms with Crippen molar-refractivity contribution in [2.45, 2.75) is 25.7 Å². The Kier molecular flexibility index (Phi) is 5.25. The number of imide groups is 1. The third-order valence-corrected chi connectivity index (χ3v) is 4.82. The predicted octanol–water partition coefficient (Wildman–Crippen LogP) is 2.80. The smallest absolute Gasteiger partial charge is 0.338 e. The summed E-state index contributed by atoms with van der Waals surface area (Å²) in [7, 11) is 1.60. The van der Waals surface area contributed by atoms with E-state index in [1.807, 2.05) is 12.2 Å². The molecule has 0 spiro atoms. The van der Waals surface area contributed by atoms with E-state index in [0.29, 0.717) is 42.7 Å². The number of nitrogens with zero attached hydrogens (tertiary/aromatic N) is 4. The molecule has 3 rings (SSSR count). The first-order valence-corrected chi connectivity index (χ1v) is 8.91. The van der Waals surface area contributed by atoms with Crippen molar-refractivity contribution < 1.29 is 9.59 Å². The zero-order chi connectivity index (χ0) is 18.7. The minimum atomic E-state index is -0.439. The van der Waals surface area contributed by atoms with Gasteiger partial charge >= 0.3 is 12.1 Å². The van der Waals surface area contributed by atoms with Gasteiger partial charge in [-0.2, -0.15) is 0 Å². The third kappa shape index (κ3) is 3.42. The van der Waals surface area contributed by atoms with Crippen LogP contribution >= 0.6 is 0 Å². The molecule has 1 atom stereocenters. The second-order valence-corrected chi connectivity index (χ2v) is 6.72. The van der Waals surface area contributed by atoms with Crippen LogP contribution in [-0.4, -0.2) is 52.7 Å². The highest BCUT2D eigenvalue weighted by atomic mass is 16.2. The molecule has 0 aromatic carbocycles. The number of carbonyl (C=O) groups excluding carboxylic acids is 2. The summed E-state index contributed by atoms with van der Waals surface area (Å²) in [6, 6.07) is -0.780. The molecule has 2 fully saturated rings. The first kappa shape index (κ1) is 18.0. The lowest BCUT2D eigenvalue weighted by molar-refractivity contribution is 0.172. The minimum absolute atomic E-state index is 0.314. The number of aliphatic imine (C=N–C) groups is 1. The molecule has 2 saturated heterocycles. The van der Waals surface area contributed by atoms with E-state index in [1.54, 1.807) is 11.9 Å². The van der Waals surface area contributed by atoms with Gasteiger partial charge < -0.3 is 10.6 Å². The van der Waals surface area contributed by atoms with Gasteiger partial charge in [0.2, 0.25) is 0 Å². The SMILES string of the molecule is C=C(CC1C=CC=CC1)/N=C1\C(=C/N)N(C(=O)N2CCCC2)C(=O)N1C. The maximum atomic E-state index is 12.7. The largest absolute Gasteiger partial charge is 0.403 e. The van der Waals surface area contributed by atoms with Crippen LogP contribution in [-0.2, 0) is 0 Å². The van der Waals surface area contributed by atoms with Crippen molar-refractivity contribution in [1.29, 1.82) is 0 Å². The number of amidine groups is 1. The van der Waals surface area contributed by atoms with Crippen LogP contribution < -0.4 is 5.73 Å². The lowest BCUT2D eigenvalue weighted by atomic mass is 9.96. The van der Waals surface area contributed by atoms with E-state index < -0.39 is 6.03 Å². The Morgan fingerprint density at radius 1 is 1.38 bits per heavy atom. The zero-order valence-electron chi connectivity index (χ0n) is 15.1. The standard InChI is InChI=1S/C19H25N5O2/c1-14(12-15-8-4-3-5-9-15)21-17-16(13-20)24(18(25)22(17)2)19(26)23-10-6-7-11-23/h3-5,8,13,15H,1,6-7,9-12,20H2,2H3/b16-13+,21-17+. The monoisotopic (exact) mass is 355 g/mol. The molecule has 7 nitrogen and oxygen atoms in total. The summed E-state index contributed by atoms with van der Waals surface area (Å²) in [6.07, 6.45) is 13.1. The van der Waals surface area contributed by atoms with E-state index in [9.17, 15) is 9.59 Å². The molecular formula is C19H25N5O2. The summed E-state index contributed by atoms with van der Waals surface area (Å²) in [5.74, 6) is 0.706. The number of urea groups is 2. The van der Waals surface area contributed by atoms with Gasteiger partial charge in [-0.15, -0.1) is 0 Å². The molecule has 0 bridgehead atoms. The van der Waals surface area contributed by atoms with Crippen LogP contribution in [0.15, 0.2) is 53.5 Å². The predicted molar refractivity (Wildman–Crippen MR) is 101 cm³/mol. The first-order chi connectivity index (χ1) is 12.5. The van der Waals surface area contributed by atoms with Crippen LogP contribution in [0.25, 0.3) is 0 Å². The fourth-order valence-electron chi connectivity index (χ4n) is 3.41. The topological polar surface area (TPSA) is 82.2 Å². The molecular weight excluding hydrogens is 330 g/mol. The molecule has 3 aliphatic rings. The first-order valence-electron chi connectivity index (χ1n) is 8.91. The number of allylic oxidation sites excluding steroid dienone is 5. The summed E-state index contributed by atoms with van der Waals surface area (Å²) in [5, 5.41) is 0. The van der Waals surface area contributed by atoms with Crippen LogP contribution in [0.4, 0.5) is 9.59 Å². The van der Waals surface area contributed by atoms with Gasteiger partial charge in [0.15, 0.2) is 5.84 Å². The van der Waals surface area contributed by atoms with Crippen molar-refractivity contribution in [2.24, 2.45) is 16.6 Å². The Labute approximate surface area is 153 Å². The molecule has 138 valence electrons. The normalized spacial score (nSPS) is 25.8. The van der Waals surface area contributed by atoms with Crippen molar-refractivity contribution in [3.63, 3.8) is 0 Å². The number of likely N-dealkylation sites (tertiary alicyclic amines) is 1. The Morgan fingerprint density at radius 3 is 2.73 bits per heavy atom. The van der Waals surface area contributed by atoms with E-state index in [-0.39, 0.29) is 6.03 Å². The number of amides is 4. The average molecular weight is 355 g/mol. The van der Waals surface area contributed by atoms with Crippen LogP contribution in [0.1, 0.15) is 25.7 Å². The molecule has 1 aliphatic carbocycles. The Hall–Kier alpha value is -2.83. The van der Waals surface area contributed by atoms with Gasteiger partial charge in [0, 0.05) is 32.0 Å². The molecule has 0 aromatic rings. The highest BCUT2D eigenvalue weighted by molar-refractivity contribution is 6.20. The highest BCUT2D eigenvalue weighted by Crippen LogP contribution is 2.26. The van der Waals surface area contributed by atoms with Gasteiger partial charge in [0.25, 0.3) is 0 Å². The lowest BCUT2D eigenvalue weighted by Crippen LogP contribution is -2.43. The third-order valence-electron chi connectivity index (χ3n) is 4.82. The molecule has 7 heteroatoms. The number of hydrogen-bond donors (Lipinski definition) is 1. The van der Waals surface area contributed by atoms with Gasteiger partial charge in [0.1, 0.15) is 5.70 Å². The minimum Gasteiger partial charge on any atom is -0.403 e. The average Bonchev–Trinajstić information content (AvgIpc) is 3.25. The van der Waals surface area contributed by atoms with E-state index in [2.05, 4.69) is 23.7 Å². The van der Waals surface area contributed by atoms with Crippen LogP contribution in [0.5, 0.6) is 0 Å². The Balaban J connectivity index is 1.79. The summed E-state index contributed by atoms with van der Waals surface area (Å²) >= 11 is 0. The summed E-state index contributed by atoms with van der Waals surface area (Å²) in [6.45, 7) is 5.34. The molecule has 2 N–H and O–H groups in total. The van der Waals surface area contributed by atoms with Crippen molar-refractivity contribution in [3.05, 3.63) is 48.5 Å². The molecule has 26 heavy (non-hydrogen) atoms. The number of rotatable bonds is 3. The highest BCUT2D eigenvalue weighted by Gasteiger charge is 2.43.